The molecule has 0 fully saturated rings. The first-order valence-electron chi connectivity index (χ1n) is 8.64. The van der Waals surface area contributed by atoms with E-state index in [2.05, 4.69) is 4.98 Å². The topological polar surface area (TPSA) is 56.3 Å². The third-order valence-electron chi connectivity index (χ3n) is 4.59. The Balaban J connectivity index is 2.05. The third-order valence-corrected chi connectivity index (χ3v) is 6.37. The summed E-state index contributed by atoms with van der Waals surface area (Å²) in [4.78, 5) is 3.93. The predicted octanol–water partition coefficient (Wildman–Crippen LogP) is 5.02. The first-order chi connectivity index (χ1) is 13.9. The van der Waals surface area contributed by atoms with E-state index in [9.17, 15) is 17.2 Å². The lowest BCUT2D eigenvalue weighted by Gasteiger charge is -2.14. The number of fused-ring (bicyclic) bond motifs is 1. The van der Waals surface area contributed by atoms with Gasteiger partial charge < -0.3 is 4.74 Å². The summed E-state index contributed by atoms with van der Waals surface area (Å²) in [5, 5.41) is 0.283. The van der Waals surface area contributed by atoms with Crippen LogP contribution in [0.25, 0.3) is 22.0 Å². The van der Waals surface area contributed by atoms with Crippen LogP contribution < -0.4 is 4.74 Å². The average Bonchev–Trinajstić information content (AvgIpc) is 2.73. The molecule has 1 aromatic heterocycles. The van der Waals surface area contributed by atoms with Gasteiger partial charge in [0.1, 0.15) is 22.9 Å². The number of pyridine rings is 1. The van der Waals surface area contributed by atoms with E-state index < -0.39 is 21.5 Å². The van der Waals surface area contributed by atoms with Crippen molar-refractivity contribution < 1.29 is 21.9 Å². The zero-order valence-electron chi connectivity index (χ0n) is 15.3. The van der Waals surface area contributed by atoms with Crippen LogP contribution in [-0.2, 0) is 9.84 Å². The van der Waals surface area contributed by atoms with Gasteiger partial charge >= 0.3 is 0 Å². The molecule has 4 rings (SSSR count). The highest BCUT2D eigenvalue weighted by atomic mass is 32.2. The second-order valence-corrected chi connectivity index (χ2v) is 8.24. The number of ether oxygens (including phenoxy) is 1. The second-order valence-electron chi connectivity index (χ2n) is 6.32. The van der Waals surface area contributed by atoms with Crippen molar-refractivity contribution in [3.63, 3.8) is 0 Å². The summed E-state index contributed by atoms with van der Waals surface area (Å²) in [6.45, 7) is 0. The van der Waals surface area contributed by atoms with E-state index in [1.165, 1.54) is 61.7 Å². The van der Waals surface area contributed by atoms with E-state index in [1.54, 1.807) is 12.1 Å². The van der Waals surface area contributed by atoms with E-state index >= 15 is 0 Å². The Morgan fingerprint density at radius 1 is 0.931 bits per heavy atom. The number of nitrogens with zero attached hydrogens (tertiary/aromatic N) is 1. The van der Waals surface area contributed by atoms with Gasteiger partial charge in [-0.2, -0.15) is 0 Å². The standard InChI is InChI=1S/C22H15F2NO3S/c1-28-16-8-10-17(11-9-16)29(26,27)20-13-25-22-18(6-3-7-19(22)24)21(20)14-4-2-5-15(23)12-14/h2-13H,1H3. The molecule has 0 amide bonds. The van der Waals surface area contributed by atoms with Crippen LogP contribution >= 0.6 is 0 Å². The highest BCUT2D eigenvalue weighted by molar-refractivity contribution is 7.91. The number of halogens is 2. The van der Waals surface area contributed by atoms with E-state index in [-0.39, 0.29) is 26.3 Å². The molecule has 4 aromatic rings. The fraction of sp³-hybridized carbons (Fsp3) is 0.0455. The van der Waals surface area contributed by atoms with Crippen molar-refractivity contribution in [3.05, 3.63) is 84.6 Å². The van der Waals surface area contributed by atoms with Crippen LogP contribution in [-0.4, -0.2) is 20.5 Å². The highest BCUT2D eigenvalue weighted by Crippen LogP contribution is 2.37. The van der Waals surface area contributed by atoms with Gasteiger partial charge in [0.2, 0.25) is 9.84 Å². The molecule has 0 aliphatic heterocycles. The molecule has 29 heavy (non-hydrogen) atoms. The number of aromatic nitrogens is 1. The molecule has 0 N–H and O–H groups in total. The SMILES string of the molecule is COc1ccc(S(=O)(=O)c2cnc3c(F)cccc3c2-c2cccc(F)c2)cc1. The monoisotopic (exact) mass is 411 g/mol. The maximum atomic E-state index is 14.3. The Morgan fingerprint density at radius 2 is 1.66 bits per heavy atom. The van der Waals surface area contributed by atoms with Crippen LogP contribution in [0.3, 0.4) is 0 Å². The molecular weight excluding hydrogens is 396 g/mol. The van der Waals surface area contributed by atoms with Gasteiger partial charge in [-0.1, -0.05) is 24.3 Å². The van der Waals surface area contributed by atoms with Gasteiger partial charge in [-0.25, -0.2) is 17.2 Å². The summed E-state index contributed by atoms with van der Waals surface area (Å²) in [7, 11) is -2.54. The zero-order valence-corrected chi connectivity index (χ0v) is 16.1. The molecule has 0 spiro atoms. The molecule has 0 bridgehead atoms. The van der Waals surface area contributed by atoms with Gasteiger partial charge in [0.15, 0.2) is 0 Å². The van der Waals surface area contributed by atoms with Crippen molar-refractivity contribution >= 4 is 20.7 Å². The van der Waals surface area contributed by atoms with Crippen molar-refractivity contribution in [2.45, 2.75) is 9.79 Å². The Morgan fingerprint density at radius 3 is 2.34 bits per heavy atom. The first-order valence-corrected chi connectivity index (χ1v) is 10.1. The van der Waals surface area contributed by atoms with Crippen LogP contribution in [0, 0.1) is 11.6 Å². The molecule has 0 unspecified atom stereocenters. The number of sulfone groups is 1. The number of methoxy groups -OCH3 is 1. The van der Waals surface area contributed by atoms with Crippen LogP contribution in [0.1, 0.15) is 0 Å². The Bertz CT molecular complexity index is 1320. The molecule has 1 heterocycles. The van der Waals surface area contributed by atoms with Crippen molar-refractivity contribution in [1.29, 1.82) is 0 Å². The lowest BCUT2D eigenvalue weighted by Crippen LogP contribution is -2.06. The third kappa shape index (κ3) is 3.34. The zero-order chi connectivity index (χ0) is 20.6. The average molecular weight is 411 g/mol. The lowest BCUT2D eigenvalue weighted by atomic mass is 10.0. The quantitative estimate of drug-likeness (QED) is 0.473. The number of hydrogen-bond acceptors (Lipinski definition) is 4. The normalized spacial score (nSPS) is 11.6. The summed E-state index contributed by atoms with van der Waals surface area (Å²) in [6.07, 6.45) is 1.12. The van der Waals surface area contributed by atoms with E-state index in [4.69, 9.17) is 4.74 Å². The number of para-hydroxylation sites is 1. The molecular formula is C22H15F2NO3S. The fourth-order valence-electron chi connectivity index (χ4n) is 3.20. The van der Waals surface area contributed by atoms with E-state index in [0.717, 1.165) is 6.20 Å². The number of rotatable bonds is 4. The van der Waals surface area contributed by atoms with Crippen LogP contribution in [0.2, 0.25) is 0 Å². The second kappa shape index (κ2) is 7.25. The van der Waals surface area contributed by atoms with Crippen LogP contribution in [0.5, 0.6) is 5.75 Å². The summed E-state index contributed by atoms with van der Waals surface area (Å²) in [5.74, 6) is -0.613. The van der Waals surface area contributed by atoms with Crippen molar-refractivity contribution in [2.24, 2.45) is 0 Å². The number of benzene rings is 3. The maximum absolute atomic E-state index is 14.3. The van der Waals surface area contributed by atoms with Crippen molar-refractivity contribution in [2.75, 3.05) is 7.11 Å². The van der Waals surface area contributed by atoms with Gasteiger partial charge in [0, 0.05) is 17.1 Å². The molecule has 0 radical (unpaired) electrons. The predicted molar refractivity (Wildman–Crippen MR) is 106 cm³/mol. The molecule has 0 aliphatic carbocycles. The molecule has 0 saturated carbocycles. The minimum Gasteiger partial charge on any atom is -0.497 e. The summed E-state index contributed by atoms with van der Waals surface area (Å²) < 4.78 is 60.0. The molecule has 4 nitrogen and oxygen atoms in total. The van der Waals surface area contributed by atoms with Gasteiger partial charge in [-0.15, -0.1) is 0 Å². The molecule has 7 heteroatoms. The lowest BCUT2D eigenvalue weighted by molar-refractivity contribution is 0.414. The first kappa shape index (κ1) is 19.0. The minimum absolute atomic E-state index is 0.0143. The van der Waals surface area contributed by atoms with Crippen molar-refractivity contribution in [1.82, 2.24) is 4.98 Å². The molecule has 0 saturated heterocycles. The summed E-state index contributed by atoms with van der Waals surface area (Å²) in [5.41, 5.74) is 0.528. The van der Waals surface area contributed by atoms with Gasteiger partial charge in [0.05, 0.1) is 16.9 Å². The molecule has 3 aromatic carbocycles. The molecule has 0 aliphatic rings. The largest absolute Gasteiger partial charge is 0.497 e. The smallest absolute Gasteiger partial charge is 0.208 e. The van der Waals surface area contributed by atoms with Crippen molar-refractivity contribution in [3.8, 4) is 16.9 Å². The Hall–Kier alpha value is -3.32. The summed E-state index contributed by atoms with van der Waals surface area (Å²) in [6, 6.07) is 15.7. The molecule has 146 valence electrons. The van der Waals surface area contributed by atoms with E-state index in [1.807, 2.05) is 0 Å². The molecule has 0 atom stereocenters. The minimum atomic E-state index is -4.02. The van der Waals surface area contributed by atoms with E-state index in [0.29, 0.717) is 11.3 Å². The number of hydrogen-bond donors (Lipinski definition) is 0. The van der Waals surface area contributed by atoms with Gasteiger partial charge in [-0.05, 0) is 48.0 Å². The van der Waals surface area contributed by atoms with Gasteiger partial charge in [-0.3, -0.25) is 4.98 Å². The summed E-state index contributed by atoms with van der Waals surface area (Å²) >= 11 is 0. The van der Waals surface area contributed by atoms with Crippen LogP contribution in [0.15, 0.2) is 82.7 Å². The highest BCUT2D eigenvalue weighted by Gasteiger charge is 2.25. The fourth-order valence-corrected chi connectivity index (χ4v) is 4.63. The maximum Gasteiger partial charge on any atom is 0.208 e. The Labute approximate surface area is 166 Å². The van der Waals surface area contributed by atoms with Gasteiger partial charge in [0.25, 0.3) is 0 Å². The Kier molecular flexibility index (Phi) is 4.76. The van der Waals surface area contributed by atoms with Crippen LogP contribution in [0.4, 0.5) is 8.78 Å².